The third-order valence-electron chi connectivity index (χ3n) is 4.65. The standard InChI is InChI=1S/C19H24F2N2OS.C2H2O4/c20-19(21)25-14-18-7-6-17(24-18)12-22-16-8-10-23(11-9-16)13-15-4-2-1-3-5-15;3-1(4)2(5)6/h1-7,16,19,22H,8-14H2;(H,3,4)(H,5,6). The number of halogens is 2. The number of carboxylic acids is 2. The third-order valence-corrected chi connectivity index (χ3v) is 5.36. The minimum Gasteiger partial charge on any atom is -0.473 e. The van der Waals surface area contributed by atoms with Gasteiger partial charge >= 0.3 is 11.9 Å². The maximum absolute atomic E-state index is 12.2. The molecule has 0 atom stereocenters. The number of nitrogens with zero attached hydrogens (tertiary/aromatic N) is 1. The number of aliphatic carboxylic acids is 2. The summed E-state index contributed by atoms with van der Waals surface area (Å²) >= 11 is 0.592. The summed E-state index contributed by atoms with van der Waals surface area (Å²) in [5.41, 5.74) is 1.36. The van der Waals surface area contributed by atoms with Crippen LogP contribution in [0.4, 0.5) is 8.78 Å². The van der Waals surface area contributed by atoms with E-state index in [9.17, 15) is 8.78 Å². The Morgan fingerprint density at radius 2 is 1.68 bits per heavy atom. The number of carboxylic acid groups (broad SMARTS) is 2. The van der Waals surface area contributed by atoms with Crippen molar-refractivity contribution in [2.45, 2.75) is 43.5 Å². The van der Waals surface area contributed by atoms with Crippen LogP contribution in [-0.4, -0.2) is 51.9 Å². The Morgan fingerprint density at radius 1 is 1.06 bits per heavy atom. The minimum absolute atomic E-state index is 0.218. The Balaban J connectivity index is 0.000000501. The second-order valence-corrected chi connectivity index (χ2v) is 7.95. The zero-order valence-electron chi connectivity index (χ0n) is 16.9. The maximum atomic E-state index is 12.2. The van der Waals surface area contributed by atoms with Gasteiger partial charge in [-0.3, -0.25) is 4.90 Å². The van der Waals surface area contributed by atoms with Crippen LogP contribution in [0.1, 0.15) is 29.9 Å². The number of likely N-dealkylation sites (tertiary alicyclic amines) is 1. The molecule has 0 radical (unpaired) electrons. The number of hydrogen-bond acceptors (Lipinski definition) is 6. The van der Waals surface area contributed by atoms with Crippen LogP contribution in [-0.2, 0) is 28.4 Å². The predicted molar refractivity (Wildman–Crippen MR) is 113 cm³/mol. The topological polar surface area (TPSA) is 103 Å². The zero-order valence-corrected chi connectivity index (χ0v) is 17.7. The van der Waals surface area contributed by atoms with E-state index in [0.29, 0.717) is 30.1 Å². The molecule has 31 heavy (non-hydrogen) atoms. The molecule has 1 saturated heterocycles. The van der Waals surface area contributed by atoms with Crippen LogP contribution < -0.4 is 5.32 Å². The third kappa shape index (κ3) is 9.95. The molecular weight excluding hydrogens is 430 g/mol. The number of thioether (sulfide) groups is 1. The van der Waals surface area contributed by atoms with E-state index in [0.717, 1.165) is 38.2 Å². The molecule has 3 rings (SSSR count). The number of nitrogens with one attached hydrogen (secondary N) is 1. The van der Waals surface area contributed by atoms with Crippen LogP contribution in [0.3, 0.4) is 0 Å². The number of furan rings is 1. The molecule has 0 saturated carbocycles. The van der Waals surface area contributed by atoms with Crippen molar-refractivity contribution in [3.63, 3.8) is 0 Å². The molecule has 170 valence electrons. The Bertz CT molecular complexity index is 799. The Morgan fingerprint density at radius 3 is 2.26 bits per heavy atom. The van der Waals surface area contributed by atoms with E-state index >= 15 is 0 Å². The molecular formula is C21H26F2N2O5S. The average Bonchev–Trinajstić information content (AvgIpc) is 3.21. The van der Waals surface area contributed by atoms with Crippen molar-refractivity contribution in [2.24, 2.45) is 0 Å². The molecule has 3 N–H and O–H groups in total. The van der Waals surface area contributed by atoms with Gasteiger partial charge in [0.25, 0.3) is 5.76 Å². The number of rotatable bonds is 8. The molecule has 2 aromatic rings. The molecule has 1 fully saturated rings. The van der Waals surface area contributed by atoms with Gasteiger partial charge in [0.15, 0.2) is 0 Å². The van der Waals surface area contributed by atoms with Gasteiger partial charge in [-0.1, -0.05) is 42.1 Å². The van der Waals surface area contributed by atoms with Crippen molar-refractivity contribution in [3.8, 4) is 0 Å². The van der Waals surface area contributed by atoms with Crippen LogP contribution in [0.5, 0.6) is 0 Å². The SMILES string of the molecule is FC(F)SCc1ccc(CNC2CCN(Cc3ccccc3)CC2)o1.O=C(O)C(=O)O. The fourth-order valence-electron chi connectivity index (χ4n) is 3.12. The van der Waals surface area contributed by atoms with Crippen molar-refractivity contribution < 1.29 is 33.0 Å². The van der Waals surface area contributed by atoms with Gasteiger partial charge in [0.2, 0.25) is 0 Å². The second kappa shape index (κ2) is 13.1. The van der Waals surface area contributed by atoms with E-state index in [1.54, 1.807) is 6.07 Å². The van der Waals surface area contributed by atoms with Crippen molar-refractivity contribution in [2.75, 3.05) is 13.1 Å². The fraction of sp³-hybridized carbons (Fsp3) is 0.429. The molecule has 0 aliphatic carbocycles. The van der Waals surface area contributed by atoms with E-state index in [2.05, 4.69) is 34.5 Å². The van der Waals surface area contributed by atoms with Crippen LogP contribution >= 0.6 is 11.8 Å². The quantitative estimate of drug-likeness (QED) is 0.518. The van der Waals surface area contributed by atoms with E-state index in [-0.39, 0.29) is 5.75 Å². The largest absolute Gasteiger partial charge is 0.473 e. The highest BCUT2D eigenvalue weighted by molar-refractivity contribution is 7.98. The molecule has 0 spiro atoms. The van der Waals surface area contributed by atoms with Gasteiger partial charge in [0.1, 0.15) is 11.5 Å². The average molecular weight is 457 g/mol. The Labute approximate surface area is 183 Å². The maximum Gasteiger partial charge on any atom is 0.414 e. The highest BCUT2D eigenvalue weighted by atomic mass is 32.2. The number of piperidine rings is 1. The molecule has 0 bridgehead atoms. The number of hydrogen-bond donors (Lipinski definition) is 3. The Hall–Kier alpha value is -2.43. The predicted octanol–water partition coefficient (Wildman–Crippen LogP) is 3.65. The lowest BCUT2D eigenvalue weighted by Gasteiger charge is -2.32. The molecule has 1 aromatic carbocycles. The van der Waals surface area contributed by atoms with Gasteiger partial charge in [-0.25, -0.2) is 9.59 Å². The van der Waals surface area contributed by atoms with Gasteiger partial charge < -0.3 is 19.9 Å². The monoisotopic (exact) mass is 456 g/mol. The molecule has 0 unspecified atom stereocenters. The molecule has 7 nitrogen and oxygen atoms in total. The molecule has 1 aliphatic heterocycles. The van der Waals surface area contributed by atoms with Gasteiger partial charge in [0.05, 0.1) is 12.3 Å². The van der Waals surface area contributed by atoms with Gasteiger partial charge in [-0.2, -0.15) is 8.78 Å². The van der Waals surface area contributed by atoms with Crippen molar-refractivity contribution >= 4 is 23.7 Å². The Kier molecular flexibility index (Phi) is 10.5. The van der Waals surface area contributed by atoms with E-state index in [1.807, 2.05) is 12.1 Å². The summed E-state index contributed by atoms with van der Waals surface area (Å²) in [4.78, 5) is 20.7. The molecule has 2 heterocycles. The van der Waals surface area contributed by atoms with Crippen LogP contribution in [0.2, 0.25) is 0 Å². The summed E-state index contributed by atoms with van der Waals surface area (Å²) < 4.78 is 30.0. The minimum atomic E-state index is -2.35. The second-order valence-electron chi connectivity index (χ2n) is 6.97. The summed E-state index contributed by atoms with van der Waals surface area (Å²) in [6, 6.07) is 14.7. The first-order valence-electron chi connectivity index (χ1n) is 9.76. The van der Waals surface area contributed by atoms with Crippen LogP contribution in [0.15, 0.2) is 46.9 Å². The fourth-order valence-corrected chi connectivity index (χ4v) is 3.57. The summed E-state index contributed by atoms with van der Waals surface area (Å²) in [6.45, 7) is 3.83. The lowest BCUT2D eigenvalue weighted by molar-refractivity contribution is -0.159. The summed E-state index contributed by atoms with van der Waals surface area (Å²) in [5.74, 6) is -4.36. The highest BCUT2D eigenvalue weighted by Crippen LogP contribution is 2.21. The van der Waals surface area contributed by atoms with E-state index in [4.69, 9.17) is 24.2 Å². The number of benzene rings is 1. The number of carbonyl (C=O) groups is 2. The van der Waals surface area contributed by atoms with Crippen LogP contribution in [0, 0.1) is 0 Å². The summed E-state index contributed by atoms with van der Waals surface area (Å²) in [5, 5.41) is 18.3. The molecule has 1 aromatic heterocycles. The summed E-state index contributed by atoms with van der Waals surface area (Å²) in [6.07, 6.45) is 2.23. The molecule has 0 amide bonds. The molecule has 1 aliphatic rings. The number of alkyl halides is 2. The van der Waals surface area contributed by atoms with Gasteiger partial charge in [0, 0.05) is 12.6 Å². The van der Waals surface area contributed by atoms with Gasteiger partial charge in [-0.05, 0) is 43.6 Å². The molecule has 10 heteroatoms. The van der Waals surface area contributed by atoms with Crippen molar-refractivity contribution in [3.05, 3.63) is 59.5 Å². The smallest absolute Gasteiger partial charge is 0.414 e. The van der Waals surface area contributed by atoms with E-state index in [1.165, 1.54) is 5.56 Å². The normalized spacial score (nSPS) is 14.8. The zero-order chi connectivity index (χ0) is 22.6. The lowest BCUT2D eigenvalue weighted by Crippen LogP contribution is -2.41. The first-order valence-corrected chi connectivity index (χ1v) is 10.8. The van der Waals surface area contributed by atoms with Crippen LogP contribution in [0.25, 0.3) is 0 Å². The first kappa shape index (κ1) is 24.8. The highest BCUT2D eigenvalue weighted by Gasteiger charge is 2.19. The van der Waals surface area contributed by atoms with Crippen molar-refractivity contribution in [1.82, 2.24) is 10.2 Å². The first-order chi connectivity index (χ1) is 14.8. The lowest BCUT2D eigenvalue weighted by atomic mass is 10.0. The van der Waals surface area contributed by atoms with Gasteiger partial charge in [-0.15, -0.1) is 0 Å². The van der Waals surface area contributed by atoms with Crippen molar-refractivity contribution in [1.29, 1.82) is 0 Å². The van der Waals surface area contributed by atoms with E-state index < -0.39 is 17.7 Å². The summed E-state index contributed by atoms with van der Waals surface area (Å²) in [7, 11) is 0.